The van der Waals surface area contributed by atoms with Gasteiger partial charge in [0, 0.05) is 34.7 Å². The zero-order chi connectivity index (χ0) is 21.2. The minimum absolute atomic E-state index is 0.0588. The molecule has 1 N–H and O–H groups in total. The summed E-state index contributed by atoms with van der Waals surface area (Å²) in [7, 11) is -3.52. The minimum Gasteiger partial charge on any atom is -0.326 e. The van der Waals surface area contributed by atoms with Crippen LogP contribution in [0.25, 0.3) is 0 Å². The first-order chi connectivity index (χ1) is 13.7. The largest absolute Gasteiger partial charge is 0.326 e. The van der Waals surface area contributed by atoms with Crippen LogP contribution in [0.2, 0.25) is 10.0 Å². The van der Waals surface area contributed by atoms with Gasteiger partial charge in [0.25, 0.3) is 0 Å². The molecule has 3 rings (SSSR count). The molecule has 29 heavy (non-hydrogen) atoms. The zero-order valence-corrected chi connectivity index (χ0v) is 18.7. The molecule has 0 atom stereocenters. The molecule has 0 radical (unpaired) electrons. The van der Waals surface area contributed by atoms with E-state index in [2.05, 4.69) is 5.32 Å². The van der Waals surface area contributed by atoms with Crippen molar-refractivity contribution in [3.8, 4) is 0 Å². The van der Waals surface area contributed by atoms with E-state index in [1.807, 2.05) is 32.0 Å². The van der Waals surface area contributed by atoms with Crippen LogP contribution < -0.4 is 5.32 Å². The maximum atomic E-state index is 12.8. The van der Waals surface area contributed by atoms with Gasteiger partial charge in [0.1, 0.15) is 0 Å². The molecule has 1 aliphatic rings. The minimum atomic E-state index is -3.52. The number of halogens is 2. The highest BCUT2D eigenvalue weighted by Gasteiger charge is 2.31. The summed E-state index contributed by atoms with van der Waals surface area (Å²) in [4.78, 5) is 12.6. The molecular formula is C21H24Cl2N2O3S. The van der Waals surface area contributed by atoms with Gasteiger partial charge in [-0.25, -0.2) is 12.7 Å². The lowest BCUT2D eigenvalue weighted by atomic mass is 9.97. The summed E-state index contributed by atoms with van der Waals surface area (Å²) >= 11 is 12.0. The molecular weight excluding hydrogens is 431 g/mol. The molecule has 0 aliphatic carbocycles. The summed E-state index contributed by atoms with van der Waals surface area (Å²) in [5.74, 6) is -0.445. The highest BCUT2D eigenvalue weighted by Crippen LogP contribution is 2.27. The van der Waals surface area contributed by atoms with E-state index in [9.17, 15) is 13.2 Å². The Kier molecular flexibility index (Phi) is 6.89. The van der Waals surface area contributed by atoms with Gasteiger partial charge in [-0.05, 0) is 61.6 Å². The van der Waals surface area contributed by atoms with E-state index in [1.165, 1.54) is 10.4 Å². The van der Waals surface area contributed by atoms with E-state index in [0.29, 0.717) is 41.5 Å². The van der Waals surface area contributed by atoms with Gasteiger partial charge in [-0.3, -0.25) is 4.79 Å². The molecule has 0 unspecified atom stereocenters. The second kappa shape index (κ2) is 9.04. The van der Waals surface area contributed by atoms with Gasteiger partial charge < -0.3 is 5.32 Å². The zero-order valence-electron chi connectivity index (χ0n) is 16.4. The smallest absolute Gasteiger partial charge is 0.227 e. The fraction of sp³-hybridized carbons (Fsp3) is 0.381. The molecule has 2 aromatic rings. The molecule has 156 valence electrons. The van der Waals surface area contributed by atoms with E-state index in [1.54, 1.807) is 12.1 Å². The highest BCUT2D eigenvalue weighted by molar-refractivity contribution is 7.88. The van der Waals surface area contributed by atoms with Crippen LogP contribution in [-0.2, 0) is 20.6 Å². The van der Waals surface area contributed by atoms with E-state index < -0.39 is 10.0 Å². The first-order valence-electron chi connectivity index (χ1n) is 9.46. The van der Waals surface area contributed by atoms with Crippen LogP contribution in [0.1, 0.15) is 29.5 Å². The molecule has 0 spiro atoms. The number of carbonyl (C=O) groups excluding carboxylic acids is 1. The average Bonchev–Trinajstić information content (AvgIpc) is 2.68. The summed E-state index contributed by atoms with van der Waals surface area (Å²) in [6.45, 7) is 4.61. The topological polar surface area (TPSA) is 66.5 Å². The Bertz CT molecular complexity index is 1020. The Hall–Kier alpha value is -1.60. The standard InChI is InChI=1S/C21H24Cl2N2O3S/c1-14-4-3-5-20(15(14)2)24-21(26)16-8-10-25(11-9-16)29(27,28)13-17-6-7-18(22)12-19(17)23/h3-7,12,16H,8-11,13H2,1-2H3,(H,24,26). The van der Waals surface area contributed by atoms with Gasteiger partial charge in [-0.2, -0.15) is 0 Å². The van der Waals surface area contributed by atoms with Crippen molar-refractivity contribution < 1.29 is 13.2 Å². The van der Waals surface area contributed by atoms with Crippen LogP contribution in [0.5, 0.6) is 0 Å². The average molecular weight is 455 g/mol. The second-order valence-corrected chi connectivity index (χ2v) is 10.2. The van der Waals surface area contributed by atoms with Crippen LogP contribution in [-0.4, -0.2) is 31.7 Å². The third kappa shape index (κ3) is 5.31. The molecule has 2 aromatic carbocycles. The number of hydrogen-bond donors (Lipinski definition) is 1. The molecule has 0 aromatic heterocycles. The first-order valence-corrected chi connectivity index (χ1v) is 11.8. The monoisotopic (exact) mass is 454 g/mol. The number of aryl methyl sites for hydroxylation is 1. The van der Waals surface area contributed by atoms with Crippen molar-refractivity contribution in [2.45, 2.75) is 32.4 Å². The molecule has 1 aliphatic heterocycles. The fourth-order valence-corrected chi connectivity index (χ4v) is 5.59. The number of benzene rings is 2. The van der Waals surface area contributed by atoms with Gasteiger partial charge in [0.05, 0.1) is 5.75 Å². The Morgan fingerprint density at radius 3 is 2.48 bits per heavy atom. The Morgan fingerprint density at radius 1 is 1.14 bits per heavy atom. The van der Waals surface area contributed by atoms with Crippen molar-refractivity contribution in [1.29, 1.82) is 0 Å². The molecule has 1 fully saturated rings. The number of piperidine rings is 1. The third-order valence-corrected chi connectivity index (χ3v) is 7.85. The second-order valence-electron chi connectivity index (χ2n) is 7.40. The predicted octanol–water partition coefficient (Wildman–Crippen LogP) is 4.79. The van der Waals surface area contributed by atoms with Gasteiger partial charge in [-0.1, -0.05) is 41.4 Å². The number of carbonyl (C=O) groups is 1. The van der Waals surface area contributed by atoms with Gasteiger partial charge in [0.2, 0.25) is 15.9 Å². The lowest BCUT2D eigenvalue weighted by molar-refractivity contribution is -0.120. The van der Waals surface area contributed by atoms with Crippen LogP contribution in [0, 0.1) is 19.8 Å². The SMILES string of the molecule is Cc1cccc(NC(=O)C2CCN(S(=O)(=O)Cc3ccc(Cl)cc3Cl)CC2)c1C. The summed E-state index contributed by atoms with van der Waals surface area (Å²) < 4.78 is 27.0. The summed E-state index contributed by atoms with van der Waals surface area (Å²) in [6.07, 6.45) is 0.981. The highest BCUT2D eigenvalue weighted by atomic mass is 35.5. The van der Waals surface area contributed by atoms with Gasteiger partial charge in [0.15, 0.2) is 0 Å². The number of sulfonamides is 1. The predicted molar refractivity (Wildman–Crippen MR) is 118 cm³/mol. The maximum absolute atomic E-state index is 12.8. The quantitative estimate of drug-likeness (QED) is 0.705. The Labute approximate surface area is 182 Å². The Morgan fingerprint density at radius 2 is 1.83 bits per heavy atom. The number of nitrogens with zero attached hydrogens (tertiary/aromatic N) is 1. The molecule has 0 bridgehead atoms. The van der Waals surface area contributed by atoms with Crippen molar-refractivity contribution >= 4 is 44.8 Å². The third-order valence-electron chi connectivity index (χ3n) is 5.43. The maximum Gasteiger partial charge on any atom is 0.227 e. The van der Waals surface area contributed by atoms with Crippen molar-refractivity contribution in [3.63, 3.8) is 0 Å². The molecule has 0 saturated carbocycles. The molecule has 5 nitrogen and oxygen atoms in total. The van der Waals surface area contributed by atoms with E-state index in [0.717, 1.165) is 16.8 Å². The van der Waals surface area contributed by atoms with E-state index >= 15 is 0 Å². The molecule has 1 heterocycles. The van der Waals surface area contributed by atoms with Crippen molar-refractivity contribution in [1.82, 2.24) is 4.31 Å². The van der Waals surface area contributed by atoms with Crippen molar-refractivity contribution in [2.24, 2.45) is 5.92 Å². The van der Waals surface area contributed by atoms with E-state index in [4.69, 9.17) is 23.2 Å². The van der Waals surface area contributed by atoms with Gasteiger partial charge in [-0.15, -0.1) is 0 Å². The lowest BCUT2D eigenvalue weighted by Gasteiger charge is -2.30. The fourth-order valence-electron chi connectivity index (χ4n) is 3.44. The number of anilines is 1. The summed E-state index contributed by atoms with van der Waals surface area (Å²) in [5.41, 5.74) is 3.48. The van der Waals surface area contributed by atoms with Crippen molar-refractivity contribution in [2.75, 3.05) is 18.4 Å². The van der Waals surface area contributed by atoms with Crippen LogP contribution in [0.4, 0.5) is 5.69 Å². The molecule has 8 heteroatoms. The number of hydrogen-bond acceptors (Lipinski definition) is 3. The first kappa shape index (κ1) is 22.1. The van der Waals surface area contributed by atoms with Gasteiger partial charge >= 0.3 is 0 Å². The molecule has 1 amide bonds. The van der Waals surface area contributed by atoms with Crippen molar-refractivity contribution in [3.05, 3.63) is 63.1 Å². The summed E-state index contributed by atoms with van der Waals surface area (Å²) in [6, 6.07) is 10.6. The molecule has 1 saturated heterocycles. The number of nitrogens with one attached hydrogen (secondary N) is 1. The normalized spacial score (nSPS) is 16.0. The lowest BCUT2D eigenvalue weighted by Crippen LogP contribution is -2.42. The van der Waals surface area contributed by atoms with Crippen LogP contribution in [0.3, 0.4) is 0 Å². The Balaban J connectivity index is 1.60. The van der Waals surface area contributed by atoms with Crippen LogP contribution in [0.15, 0.2) is 36.4 Å². The number of amides is 1. The number of rotatable bonds is 5. The summed E-state index contributed by atoms with van der Waals surface area (Å²) in [5, 5.41) is 3.79. The van der Waals surface area contributed by atoms with Crippen LogP contribution >= 0.6 is 23.2 Å². The van der Waals surface area contributed by atoms with E-state index in [-0.39, 0.29) is 17.6 Å².